The van der Waals surface area contributed by atoms with Gasteiger partial charge in [0, 0.05) is 25.0 Å². The summed E-state index contributed by atoms with van der Waals surface area (Å²) >= 11 is 0. The number of benzene rings is 2. The van der Waals surface area contributed by atoms with Crippen LogP contribution < -0.4 is 5.32 Å². The zero-order valence-electron chi connectivity index (χ0n) is 17.6. The molecule has 1 amide bonds. The smallest absolute Gasteiger partial charge is 0.272 e. The highest BCUT2D eigenvalue weighted by Crippen LogP contribution is 2.26. The topological polar surface area (TPSA) is 120 Å². The van der Waals surface area contributed by atoms with Crippen LogP contribution in [0.2, 0.25) is 0 Å². The van der Waals surface area contributed by atoms with Crippen LogP contribution in [0.3, 0.4) is 0 Å². The SMILES string of the molecule is O=C(Nc1ccc2nc(-c3cc(F)ccc3F)[nH]c2c1)c1cc(S(=O)(=O)N2CCOCC2)c[nH]1. The Balaban J connectivity index is 1.35. The minimum Gasteiger partial charge on any atom is -0.379 e. The number of halogens is 2. The molecular weight excluding hydrogens is 468 g/mol. The summed E-state index contributed by atoms with van der Waals surface area (Å²) in [5.41, 5.74) is 1.45. The van der Waals surface area contributed by atoms with E-state index in [0.29, 0.717) is 29.9 Å². The number of hydrogen-bond acceptors (Lipinski definition) is 5. The van der Waals surface area contributed by atoms with Crippen molar-refractivity contribution in [1.82, 2.24) is 19.3 Å². The second kappa shape index (κ2) is 8.63. The standard InChI is InChI=1S/C22H19F2N5O4S/c23-13-1-3-17(24)16(9-13)21-27-18-4-2-14(10-19(18)28-21)26-22(30)20-11-15(12-25-20)34(31,32)29-5-7-33-8-6-29/h1-4,9-12,25H,5-8H2,(H,26,30)(H,27,28). The third kappa shape index (κ3) is 4.18. The number of fused-ring (bicyclic) bond motifs is 1. The highest BCUT2D eigenvalue weighted by molar-refractivity contribution is 7.89. The van der Waals surface area contributed by atoms with Crippen LogP contribution in [0.1, 0.15) is 10.5 Å². The highest BCUT2D eigenvalue weighted by atomic mass is 32.2. The third-order valence-electron chi connectivity index (χ3n) is 5.43. The fourth-order valence-electron chi connectivity index (χ4n) is 3.68. The molecule has 1 aliphatic heterocycles. The Morgan fingerprint density at radius 3 is 2.68 bits per heavy atom. The monoisotopic (exact) mass is 487 g/mol. The molecular formula is C22H19F2N5O4S. The number of imidazole rings is 1. The predicted octanol–water partition coefficient (Wildman–Crippen LogP) is 3.11. The molecule has 1 aliphatic rings. The number of nitrogens with zero attached hydrogens (tertiary/aromatic N) is 2. The van der Waals surface area contributed by atoms with Crippen molar-refractivity contribution in [3.8, 4) is 11.4 Å². The van der Waals surface area contributed by atoms with Gasteiger partial charge in [0.1, 0.15) is 28.0 Å². The van der Waals surface area contributed by atoms with E-state index in [1.165, 1.54) is 16.6 Å². The number of H-pyrrole nitrogens is 2. The number of anilines is 1. The zero-order valence-corrected chi connectivity index (χ0v) is 18.5. The van der Waals surface area contributed by atoms with Gasteiger partial charge in [0.25, 0.3) is 5.91 Å². The first-order chi connectivity index (χ1) is 16.3. The molecule has 2 aromatic heterocycles. The second-order valence-corrected chi connectivity index (χ2v) is 9.60. The van der Waals surface area contributed by atoms with E-state index < -0.39 is 27.6 Å². The number of hydrogen-bond donors (Lipinski definition) is 3. The third-order valence-corrected chi connectivity index (χ3v) is 7.31. The quantitative estimate of drug-likeness (QED) is 0.400. The van der Waals surface area contributed by atoms with Gasteiger partial charge in [-0.2, -0.15) is 4.31 Å². The van der Waals surface area contributed by atoms with Gasteiger partial charge in [0.15, 0.2) is 0 Å². The van der Waals surface area contributed by atoms with Crippen molar-refractivity contribution in [2.45, 2.75) is 4.90 Å². The number of morpholine rings is 1. The van der Waals surface area contributed by atoms with E-state index in [1.54, 1.807) is 18.2 Å². The summed E-state index contributed by atoms with van der Waals surface area (Å²) in [4.78, 5) is 22.6. The number of aromatic nitrogens is 3. The fourth-order valence-corrected chi connectivity index (χ4v) is 5.09. The zero-order chi connectivity index (χ0) is 23.9. The minimum atomic E-state index is -3.74. The van der Waals surface area contributed by atoms with E-state index in [1.807, 2.05) is 0 Å². The van der Waals surface area contributed by atoms with Gasteiger partial charge in [0.2, 0.25) is 10.0 Å². The number of sulfonamides is 1. The van der Waals surface area contributed by atoms with Gasteiger partial charge in [-0.3, -0.25) is 4.79 Å². The molecule has 0 spiro atoms. The average molecular weight is 487 g/mol. The normalized spacial score (nSPS) is 15.0. The summed E-state index contributed by atoms with van der Waals surface area (Å²) in [6.45, 7) is 1.14. The van der Waals surface area contributed by atoms with Gasteiger partial charge in [0.05, 0.1) is 29.8 Å². The van der Waals surface area contributed by atoms with Crippen LogP contribution in [0.5, 0.6) is 0 Å². The molecule has 5 rings (SSSR count). The molecule has 0 atom stereocenters. The molecule has 12 heteroatoms. The molecule has 3 N–H and O–H groups in total. The molecule has 9 nitrogen and oxygen atoms in total. The number of nitrogens with one attached hydrogen (secondary N) is 3. The molecule has 2 aromatic carbocycles. The maximum absolute atomic E-state index is 14.1. The lowest BCUT2D eigenvalue weighted by molar-refractivity contribution is 0.0730. The molecule has 1 fully saturated rings. The molecule has 4 aromatic rings. The number of aromatic amines is 2. The maximum Gasteiger partial charge on any atom is 0.272 e. The molecule has 176 valence electrons. The summed E-state index contributed by atoms with van der Waals surface area (Å²) in [5.74, 6) is -1.61. The summed E-state index contributed by atoms with van der Waals surface area (Å²) in [5, 5.41) is 2.68. The van der Waals surface area contributed by atoms with Crippen LogP contribution in [0.25, 0.3) is 22.4 Å². The first-order valence-corrected chi connectivity index (χ1v) is 11.8. The van der Waals surface area contributed by atoms with Crippen molar-refractivity contribution in [3.05, 3.63) is 66.0 Å². The van der Waals surface area contributed by atoms with Crippen molar-refractivity contribution < 1.29 is 26.7 Å². The number of rotatable bonds is 5. The van der Waals surface area contributed by atoms with E-state index in [4.69, 9.17) is 4.74 Å². The summed E-state index contributed by atoms with van der Waals surface area (Å²) in [6.07, 6.45) is 1.28. The Morgan fingerprint density at radius 1 is 1.09 bits per heavy atom. The maximum atomic E-state index is 14.1. The van der Waals surface area contributed by atoms with Gasteiger partial charge < -0.3 is 20.0 Å². The first kappa shape index (κ1) is 22.2. The Bertz CT molecular complexity index is 1490. The van der Waals surface area contributed by atoms with Gasteiger partial charge >= 0.3 is 0 Å². The van der Waals surface area contributed by atoms with E-state index in [0.717, 1.165) is 18.2 Å². The van der Waals surface area contributed by atoms with Crippen LogP contribution in [-0.4, -0.2) is 59.9 Å². The highest BCUT2D eigenvalue weighted by Gasteiger charge is 2.28. The Kier molecular flexibility index (Phi) is 5.63. The van der Waals surface area contributed by atoms with Crippen molar-refractivity contribution >= 4 is 32.7 Å². The largest absolute Gasteiger partial charge is 0.379 e. The minimum absolute atomic E-state index is 0.00895. The number of ether oxygens (including phenoxy) is 1. The molecule has 0 radical (unpaired) electrons. The lowest BCUT2D eigenvalue weighted by Crippen LogP contribution is -2.40. The van der Waals surface area contributed by atoms with E-state index in [9.17, 15) is 22.0 Å². The lowest BCUT2D eigenvalue weighted by atomic mass is 10.2. The molecule has 34 heavy (non-hydrogen) atoms. The summed E-state index contributed by atoms with van der Waals surface area (Å²) < 4.78 is 59.6. The fraction of sp³-hybridized carbons (Fsp3) is 0.182. The van der Waals surface area contributed by atoms with Gasteiger partial charge in [-0.05, 0) is 42.5 Å². The number of carbonyl (C=O) groups is 1. The van der Waals surface area contributed by atoms with Gasteiger partial charge in [-0.15, -0.1) is 0 Å². The molecule has 0 aliphatic carbocycles. The molecule has 0 bridgehead atoms. The molecule has 3 heterocycles. The van der Waals surface area contributed by atoms with Crippen molar-refractivity contribution in [2.75, 3.05) is 31.6 Å². The molecule has 1 saturated heterocycles. The van der Waals surface area contributed by atoms with Crippen molar-refractivity contribution in [2.24, 2.45) is 0 Å². The van der Waals surface area contributed by atoms with Crippen LogP contribution in [0, 0.1) is 11.6 Å². The van der Waals surface area contributed by atoms with E-state index >= 15 is 0 Å². The molecule has 0 saturated carbocycles. The van der Waals surface area contributed by atoms with Crippen LogP contribution in [-0.2, 0) is 14.8 Å². The Morgan fingerprint density at radius 2 is 1.88 bits per heavy atom. The van der Waals surface area contributed by atoms with Crippen LogP contribution >= 0.6 is 0 Å². The second-order valence-electron chi connectivity index (χ2n) is 7.66. The summed E-state index contributed by atoms with van der Waals surface area (Å²) in [6, 6.07) is 9.17. The predicted molar refractivity (Wildman–Crippen MR) is 120 cm³/mol. The van der Waals surface area contributed by atoms with Gasteiger partial charge in [-0.25, -0.2) is 22.2 Å². The number of carbonyl (C=O) groups excluding carboxylic acids is 1. The van der Waals surface area contributed by atoms with E-state index in [2.05, 4.69) is 20.3 Å². The summed E-state index contributed by atoms with van der Waals surface area (Å²) in [7, 11) is -3.74. The van der Waals surface area contributed by atoms with Crippen molar-refractivity contribution in [3.63, 3.8) is 0 Å². The lowest BCUT2D eigenvalue weighted by Gasteiger charge is -2.25. The molecule has 0 unspecified atom stereocenters. The first-order valence-electron chi connectivity index (χ1n) is 10.3. The average Bonchev–Trinajstić information content (AvgIpc) is 3.49. The Hall–Kier alpha value is -3.61. The number of amides is 1. The van der Waals surface area contributed by atoms with Crippen LogP contribution in [0.4, 0.5) is 14.5 Å². The van der Waals surface area contributed by atoms with Crippen LogP contribution in [0.15, 0.2) is 53.6 Å². The van der Waals surface area contributed by atoms with Gasteiger partial charge in [-0.1, -0.05) is 0 Å². The van der Waals surface area contributed by atoms with Crippen molar-refractivity contribution in [1.29, 1.82) is 0 Å². The Labute approximate surface area is 192 Å². The van der Waals surface area contributed by atoms with E-state index in [-0.39, 0.29) is 35.1 Å².